The van der Waals surface area contributed by atoms with Gasteiger partial charge in [-0.15, -0.1) is 0 Å². The van der Waals surface area contributed by atoms with E-state index in [1.807, 2.05) is 0 Å². The van der Waals surface area contributed by atoms with Crippen LogP contribution >= 0.6 is 0 Å². The van der Waals surface area contributed by atoms with Crippen LogP contribution in [0.25, 0.3) is 0 Å². The molecule has 1 amide bonds. The van der Waals surface area contributed by atoms with E-state index in [9.17, 15) is 4.79 Å². The first-order chi connectivity index (χ1) is 8.79. The number of hydrogen-bond acceptors (Lipinski definition) is 3. The van der Waals surface area contributed by atoms with E-state index in [1.165, 1.54) is 38.8 Å². The molecule has 3 aliphatic rings. The highest BCUT2D eigenvalue weighted by Crippen LogP contribution is 2.26. The van der Waals surface area contributed by atoms with Gasteiger partial charge in [0.2, 0.25) is 5.91 Å². The third kappa shape index (κ3) is 3.04. The molecule has 3 saturated heterocycles. The van der Waals surface area contributed by atoms with Crippen molar-refractivity contribution in [2.75, 3.05) is 19.6 Å². The predicted molar refractivity (Wildman–Crippen MR) is 71.4 cm³/mol. The van der Waals surface area contributed by atoms with Gasteiger partial charge in [0.15, 0.2) is 0 Å². The molecule has 3 fully saturated rings. The van der Waals surface area contributed by atoms with Gasteiger partial charge in [0.25, 0.3) is 0 Å². The smallest absolute Gasteiger partial charge is 0.221 e. The van der Waals surface area contributed by atoms with Crippen LogP contribution in [0.1, 0.15) is 44.9 Å². The van der Waals surface area contributed by atoms with Gasteiger partial charge in [-0.05, 0) is 51.6 Å². The van der Waals surface area contributed by atoms with Gasteiger partial charge in [-0.25, -0.2) is 0 Å². The minimum Gasteiger partial charge on any atom is -0.353 e. The summed E-state index contributed by atoms with van der Waals surface area (Å²) in [5.74, 6) is 0.258. The summed E-state index contributed by atoms with van der Waals surface area (Å²) in [7, 11) is 0. The zero-order valence-electron chi connectivity index (χ0n) is 11.2. The molecule has 18 heavy (non-hydrogen) atoms. The summed E-state index contributed by atoms with van der Waals surface area (Å²) in [5, 5.41) is 6.85. The van der Waals surface area contributed by atoms with E-state index in [1.54, 1.807) is 0 Å². The van der Waals surface area contributed by atoms with Crippen molar-refractivity contribution in [3.05, 3.63) is 0 Å². The summed E-state index contributed by atoms with van der Waals surface area (Å²) in [6.07, 6.45) is 8.14. The fraction of sp³-hybridized carbons (Fsp3) is 0.929. The van der Waals surface area contributed by atoms with E-state index in [4.69, 9.17) is 0 Å². The molecule has 0 aromatic heterocycles. The van der Waals surface area contributed by atoms with Crippen molar-refractivity contribution in [1.29, 1.82) is 0 Å². The maximum Gasteiger partial charge on any atom is 0.221 e. The highest BCUT2D eigenvalue weighted by Gasteiger charge is 2.33. The molecular weight excluding hydrogens is 226 g/mol. The minimum atomic E-state index is 0.258. The Labute approximate surface area is 109 Å². The Hall–Kier alpha value is -0.610. The average molecular weight is 251 g/mol. The lowest BCUT2D eigenvalue weighted by Crippen LogP contribution is -2.48. The van der Waals surface area contributed by atoms with Crippen molar-refractivity contribution in [3.8, 4) is 0 Å². The summed E-state index contributed by atoms with van der Waals surface area (Å²) >= 11 is 0. The van der Waals surface area contributed by atoms with Gasteiger partial charge in [-0.1, -0.05) is 0 Å². The molecule has 3 aliphatic heterocycles. The van der Waals surface area contributed by atoms with Crippen molar-refractivity contribution in [2.45, 2.75) is 63.1 Å². The summed E-state index contributed by atoms with van der Waals surface area (Å²) in [5.41, 5.74) is 0. The lowest BCUT2D eigenvalue weighted by Gasteiger charge is -2.29. The molecule has 2 bridgehead atoms. The maximum atomic E-state index is 11.9. The lowest BCUT2D eigenvalue weighted by atomic mass is 10.00. The number of fused-ring (bicyclic) bond motifs is 2. The van der Waals surface area contributed by atoms with E-state index >= 15 is 0 Å². The average Bonchev–Trinajstić information content (AvgIpc) is 2.97. The third-order valence-electron chi connectivity index (χ3n) is 4.69. The van der Waals surface area contributed by atoms with Crippen LogP contribution < -0.4 is 10.6 Å². The zero-order valence-corrected chi connectivity index (χ0v) is 11.2. The number of carbonyl (C=O) groups excluding carboxylic acids is 1. The molecule has 3 rings (SSSR count). The quantitative estimate of drug-likeness (QED) is 0.779. The Morgan fingerprint density at radius 2 is 1.83 bits per heavy atom. The normalized spacial score (nSPS) is 35.9. The van der Waals surface area contributed by atoms with E-state index in [-0.39, 0.29) is 5.91 Å². The number of nitrogens with zero attached hydrogens (tertiary/aromatic N) is 1. The van der Waals surface area contributed by atoms with Crippen LogP contribution in [0.2, 0.25) is 0 Å². The number of carbonyl (C=O) groups is 1. The second-order valence-corrected chi connectivity index (χ2v) is 6.17. The van der Waals surface area contributed by atoms with Crippen molar-refractivity contribution < 1.29 is 4.79 Å². The SMILES string of the molecule is O=C(CCN1CCCC1)NC1CC2CCC(C1)N2. The van der Waals surface area contributed by atoms with Gasteiger partial charge >= 0.3 is 0 Å². The summed E-state index contributed by atoms with van der Waals surface area (Å²) in [6.45, 7) is 3.32. The lowest BCUT2D eigenvalue weighted by molar-refractivity contribution is -0.122. The Morgan fingerprint density at radius 3 is 2.50 bits per heavy atom. The number of piperidine rings is 1. The van der Waals surface area contributed by atoms with Crippen LogP contribution in [-0.2, 0) is 4.79 Å². The Balaban J connectivity index is 1.38. The van der Waals surface area contributed by atoms with E-state index < -0.39 is 0 Å². The van der Waals surface area contributed by atoms with Gasteiger partial charge in [0.05, 0.1) is 0 Å². The fourth-order valence-corrected chi connectivity index (χ4v) is 3.74. The van der Waals surface area contributed by atoms with Gasteiger partial charge < -0.3 is 15.5 Å². The van der Waals surface area contributed by atoms with Crippen LogP contribution in [0.4, 0.5) is 0 Å². The standard InChI is InChI=1S/C14H25N3O/c18-14(5-8-17-6-1-2-7-17)16-13-9-11-3-4-12(10-13)15-11/h11-13,15H,1-10H2,(H,16,18). The van der Waals surface area contributed by atoms with Crippen LogP contribution in [0.15, 0.2) is 0 Å². The first-order valence-corrected chi connectivity index (χ1v) is 7.57. The van der Waals surface area contributed by atoms with Crippen molar-refractivity contribution in [2.24, 2.45) is 0 Å². The van der Waals surface area contributed by atoms with Crippen LogP contribution in [0.5, 0.6) is 0 Å². The zero-order chi connectivity index (χ0) is 12.4. The van der Waals surface area contributed by atoms with Gasteiger partial charge in [-0.3, -0.25) is 4.79 Å². The molecule has 4 nitrogen and oxygen atoms in total. The summed E-state index contributed by atoms with van der Waals surface area (Å²) in [4.78, 5) is 14.4. The Kier molecular flexibility index (Phi) is 3.85. The van der Waals surface area contributed by atoms with Crippen molar-refractivity contribution in [3.63, 3.8) is 0 Å². The molecule has 0 aliphatic carbocycles. The molecule has 0 radical (unpaired) electrons. The second-order valence-electron chi connectivity index (χ2n) is 6.17. The van der Waals surface area contributed by atoms with Crippen molar-refractivity contribution in [1.82, 2.24) is 15.5 Å². The molecular formula is C14H25N3O. The van der Waals surface area contributed by atoms with Crippen LogP contribution in [0.3, 0.4) is 0 Å². The number of nitrogens with one attached hydrogen (secondary N) is 2. The number of hydrogen-bond donors (Lipinski definition) is 2. The Morgan fingerprint density at radius 1 is 1.17 bits per heavy atom. The first-order valence-electron chi connectivity index (χ1n) is 7.57. The fourth-order valence-electron chi connectivity index (χ4n) is 3.74. The van der Waals surface area contributed by atoms with Gasteiger partial charge in [0, 0.05) is 31.1 Å². The molecule has 102 valence electrons. The molecule has 0 saturated carbocycles. The molecule has 2 unspecified atom stereocenters. The highest BCUT2D eigenvalue weighted by molar-refractivity contribution is 5.76. The molecule has 0 aromatic rings. The summed E-state index contributed by atoms with van der Waals surface area (Å²) in [6, 6.07) is 1.75. The van der Waals surface area contributed by atoms with Gasteiger partial charge in [0.1, 0.15) is 0 Å². The number of amides is 1. The van der Waals surface area contributed by atoms with Crippen LogP contribution in [0, 0.1) is 0 Å². The Bertz CT molecular complexity index is 289. The van der Waals surface area contributed by atoms with Crippen molar-refractivity contribution >= 4 is 5.91 Å². The number of rotatable bonds is 4. The van der Waals surface area contributed by atoms with E-state index in [2.05, 4.69) is 15.5 Å². The topological polar surface area (TPSA) is 44.4 Å². The van der Waals surface area contributed by atoms with Gasteiger partial charge in [-0.2, -0.15) is 0 Å². The molecule has 2 atom stereocenters. The largest absolute Gasteiger partial charge is 0.353 e. The first kappa shape index (κ1) is 12.4. The van der Waals surface area contributed by atoms with Crippen LogP contribution in [-0.4, -0.2) is 48.6 Å². The van der Waals surface area contributed by atoms with E-state index in [0.717, 1.165) is 19.4 Å². The van der Waals surface area contributed by atoms with E-state index in [0.29, 0.717) is 24.5 Å². The monoisotopic (exact) mass is 251 g/mol. The minimum absolute atomic E-state index is 0.258. The summed E-state index contributed by atoms with van der Waals surface area (Å²) < 4.78 is 0. The predicted octanol–water partition coefficient (Wildman–Crippen LogP) is 0.872. The second kappa shape index (κ2) is 5.57. The molecule has 0 spiro atoms. The molecule has 3 heterocycles. The third-order valence-corrected chi connectivity index (χ3v) is 4.69. The molecule has 4 heteroatoms. The molecule has 0 aromatic carbocycles. The highest BCUT2D eigenvalue weighted by atomic mass is 16.1. The number of likely N-dealkylation sites (tertiary alicyclic amines) is 1. The molecule has 2 N–H and O–H groups in total. The maximum absolute atomic E-state index is 11.9.